The van der Waals surface area contributed by atoms with E-state index in [1.54, 1.807) is 66.7 Å². The zero-order valence-electron chi connectivity index (χ0n) is 16.3. The molecule has 26 heavy (non-hydrogen) atoms. The molecular weight excluding hydrogens is 338 g/mol. The van der Waals surface area contributed by atoms with Crippen molar-refractivity contribution in [2.45, 2.75) is 65.8 Å². The van der Waals surface area contributed by atoms with Crippen molar-refractivity contribution < 1.29 is 19.1 Å². The molecule has 0 heterocycles. The van der Waals surface area contributed by atoms with Gasteiger partial charge in [0.15, 0.2) is 0 Å². The van der Waals surface area contributed by atoms with Crippen LogP contribution in [0.25, 0.3) is 0 Å². The van der Waals surface area contributed by atoms with Crippen LogP contribution in [0.4, 0.5) is 15.3 Å². The number of hydrogen-bond donors (Lipinski definition) is 1. The number of nitrogens with two attached hydrogens (primary N) is 1. The highest BCUT2D eigenvalue weighted by Gasteiger charge is 2.39. The van der Waals surface area contributed by atoms with E-state index in [1.165, 1.54) is 0 Å². The number of aryl methyl sites for hydroxylation is 1. The molecule has 0 aliphatic carbocycles. The number of nitrogens with zero attached hydrogens (tertiary/aromatic N) is 2. The summed E-state index contributed by atoms with van der Waals surface area (Å²) in [6.45, 7) is 11.6. The maximum Gasteiger partial charge on any atom is 0.422 e. The van der Waals surface area contributed by atoms with Gasteiger partial charge in [0.25, 0.3) is 0 Å². The zero-order chi connectivity index (χ0) is 20.3. The Balaban J connectivity index is 3.37. The van der Waals surface area contributed by atoms with E-state index in [4.69, 9.17) is 15.2 Å². The van der Waals surface area contributed by atoms with Crippen molar-refractivity contribution in [3.8, 4) is 0 Å². The predicted octanol–water partition coefficient (Wildman–Crippen LogP) is 4.51. The topological polar surface area (TPSA) is 111 Å². The Hall–Kier alpha value is -2.64. The van der Waals surface area contributed by atoms with Crippen LogP contribution < -0.4 is 5.73 Å². The highest BCUT2D eigenvalue weighted by molar-refractivity contribution is 5.88. The first-order valence-corrected chi connectivity index (χ1v) is 8.19. The quantitative estimate of drug-likeness (QED) is 0.623. The average Bonchev–Trinajstić information content (AvgIpc) is 2.41. The van der Waals surface area contributed by atoms with Gasteiger partial charge in [-0.2, -0.15) is 4.90 Å². The van der Waals surface area contributed by atoms with Gasteiger partial charge in [-0.1, -0.05) is 6.07 Å². The summed E-state index contributed by atoms with van der Waals surface area (Å²) in [4.78, 5) is 37.4. The van der Waals surface area contributed by atoms with Crippen LogP contribution in [0, 0.1) is 11.8 Å². The highest BCUT2D eigenvalue weighted by Crippen LogP contribution is 2.29. The Kier molecular flexibility index (Phi) is 6.35. The van der Waals surface area contributed by atoms with Gasteiger partial charge >= 0.3 is 12.2 Å². The van der Waals surface area contributed by atoms with E-state index in [0.717, 1.165) is 0 Å². The molecular formula is C18H27N3O5. The van der Waals surface area contributed by atoms with E-state index in [-0.39, 0.29) is 0 Å². The molecule has 0 aromatic heterocycles. The lowest BCUT2D eigenvalue weighted by Gasteiger charge is -2.31. The third-order valence-corrected chi connectivity index (χ3v) is 3.10. The van der Waals surface area contributed by atoms with Gasteiger partial charge in [0.2, 0.25) is 6.17 Å². The molecule has 0 fully saturated rings. The summed E-state index contributed by atoms with van der Waals surface area (Å²) in [5, 5.41) is 2.98. The molecule has 1 atom stereocenters. The highest BCUT2D eigenvalue weighted by atomic mass is 16.6. The molecule has 1 aromatic rings. The molecule has 0 radical (unpaired) electrons. The maximum absolute atomic E-state index is 12.6. The molecule has 144 valence electrons. The number of amides is 2. The predicted molar refractivity (Wildman–Crippen MR) is 98.4 cm³/mol. The first-order chi connectivity index (χ1) is 11.7. The SMILES string of the molecule is Cc1cc(N)ccc1C(N=O)N(C(=O)OC(C)(C)C)C(=O)OC(C)(C)C. The van der Waals surface area contributed by atoms with E-state index >= 15 is 0 Å². The molecule has 1 unspecified atom stereocenters. The largest absolute Gasteiger partial charge is 0.443 e. The molecule has 1 rings (SSSR count). The second-order valence-electron chi connectivity index (χ2n) is 7.93. The van der Waals surface area contributed by atoms with Crippen LogP contribution in [-0.4, -0.2) is 28.3 Å². The van der Waals surface area contributed by atoms with E-state index < -0.39 is 29.6 Å². The fourth-order valence-electron chi connectivity index (χ4n) is 2.13. The van der Waals surface area contributed by atoms with Crippen molar-refractivity contribution in [3.63, 3.8) is 0 Å². The third-order valence-electron chi connectivity index (χ3n) is 3.10. The number of carbonyl (C=O) groups excluding carboxylic acids is 2. The Morgan fingerprint density at radius 1 is 1.04 bits per heavy atom. The Morgan fingerprint density at radius 2 is 1.50 bits per heavy atom. The summed E-state index contributed by atoms with van der Waals surface area (Å²) in [6, 6.07) is 4.72. The van der Waals surface area contributed by atoms with Crippen LogP contribution in [-0.2, 0) is 9.47 Å². The van der Waals surface area contributed by atoms with E-state index in [1.807, 2.05) is 0 Å². The molecule has 8 heteroatoms. The number of anilines is 1. The fraction of sp³-hybridized carbons (Fsp3) is 0.556. The van der Waals surface area contributed by atoms with Crippen LogP contribution >= 0.6 is 0 Å². The van der Waals surface area contributed by atoms with Crippen LogP contribution in [0.5, 0.6) is 0 Å². The summed E-state index contributed by atoms with van der Waals surface area (Å²) in [7, 11) is 0. The Labute approximate surface area is 153 Å². The Morgan fingerprint density at radius 3 is 1.85 bits per heavy atom. The lowest BCUT2D eigenvalue weighted by Crippen LogP contribution is -2.45. The minimum Gasteiger partial charge on any atom is -0.443 e. The van der Waals surface area contributed by atoms with Gasteiger partial charge in [0.05, 0.1) is 0 Å². The zero-order valence-corrected chi connectivity index (χ0v) is 16.3. The van der Waals surface area contributed by atoms with E-state index in [2.05, 4.69) is 5.18 Å². The van der Waals surface area contributed by atoms with Crippen LogP contribution in [0.2, 0.25) is 0 Å². The average molecular weight is 365 g/mol. The van der Waals surface area contributed by atoms with Crippen LogP contribution in [0.1, 0.15) is 58.8 Å². The Bertz CT molecular complexity index is 661. The van der Waals surface area contributed by atoms with Gasteiger partial charge in [0.1, 0.15) is 11.2 Å². The van der Waals surface area contributed by atoms with Crippen molar-refractivity contribution in [1.29, 1.82) is 0 Å². The van der Waals surface area contributed by atoms with Crippen LogP contribution in [0.15, 0.2) is 23.4 Å². The van der Waals surface area contributed by atoms with Gasteiger partial charge < -0.3 is 15.2 Å². The maximum atomic E-state index is 12.6. The summed E-state index contributed by atoms with van der Waals surface area (Å²) >= 11 is 0. The fourth-order valence-corrected chi connectivity index (χ4v) is 2.13. The molecule has 0 saturated heterocycles. The van der Waals surface area contributed by atoms with E-state index in [0.29, 0.717) is 21.7 Å². The number of imide groups is 1. The molecule has 0 aliphatic heterocycles. The molecule has 2 amide bonds. The molecule has 8 nitrogen and oxygen atoms in total. The number of nitroso groups, excluding NO2 is 1. The van der Waals surface area contributed by atoms with Crippen molar-refractivity contribution in [2.24, 2.45) is 5.18 Å². The van der Waals surface area contributed by atoms with Gasteiger partial charge in [-0.3, -0.25) is 0 Å². The van der Waals surface area contributed by atoms with Crippen LogP contribution in [0.3, 0.4) is 0 Å². The monoisotopic (exact) mass is 365 g/mol. The lowest BCUT2D eigenvalue weighted by atomic mass is 10.0. The summed E-state index contributed by atoms with van der Waals surface area (Å²) in [5.41, 5.74) is 5.42. The first kappa shape index (κ1) is 21.4. The number of carbonyl (C=O) groups is 2. The van der Waals surface area contributed by atoms with Crippen molar-refractivity contribution >= 4 is 17.9 Å². The molecule has 1 aromatic carbocycles. The molecule has 2 N–H and O–H groups in total. The third kappa shape index (κ3) is 6.02. The summed E-state index contributed by atoms with van der Waals surface area (Å²) in [5.74, 6) is 0. The number of nitrogen functional groups attached to an aromatic ring is 1. The first-order valence-electron chi connectivity index (χ1n) is 8.19. The van der Waals surface area contributed by atoms with Crippen molar-refractivity contribution in [2.75, 3.05) is 5.73 Å². The number of hydrogen-bond acceptors (Lipinski definition) is 7. The molecule has 0 bridgehead atoms. The molecule has 0 aliphatic rings. The van der Waals surface area contributed by atoms with Gasteiger partial charge in [0, 0.05) is 11.3 Å². The second-order valence-corrected chi connectivity index (χ2v) is 7.93. The standard InChI is InChI=1S/C18H27N3O5/c1-11-10-12(19)8-9-13(11)14(20-24)21(15(22)25-17(2,3)4)16(23)26-18(5,6)7/h8-10,14H,19H2,1-7H3. The molecule has 0 saturated carbocycles. The normalized spacial score (nSPS) is 12.9. The minimum atomic E-state index is -1.44. The van der Waals surface area contributed by atoms with Crippen molar-refractivity contribution in [3.05, 3.63) is 34.2 Å². The number of benzene rings is 1. The van der Waals surface area contributed by atoms with E-state index in [9.17, 15) is 14.5 Å². The minimum absolute atomic E-state index is 0.353. The van der Waals surface area contributed by atoms with Gasteiger partial charge in [-0.05, 0) is 71.3 Å². The number of rotatable bonds is 3. The second kappa shape index (κ2) is 7.72. The van der Waals surface area contributed by atoms with Gasteiger partial charge in [-0.15, -0.1) is 4.91 Å². The summed E-state index contributed by atoms with van der Waals surface area (Å²) in [6.07, 6.45) is -3.49. The van der Waals surface area contributed by atoms with Gasteiger partial charge in [-0.25, -0.2) is 9.59 Å². The smallest absolute Gasteiger partial charge is 0.422 e. The number of ether oxygens (including phenoxy) is 2. The lowest BCUT2D eigenvalue weighted by molar-refractivity contribution is -0.00710. The molecule has 0 spiro atoms. The van der Waals surface area contributed by atoms with Crippen molar-refractivity contribution in [1.82, 2.24) is 4.90 Å². The summed E-state index contributed by atoms with van der Waals surface area (Å²) < 4.78 is 10.5.